The Morgan fingerprint density at radius 2 is 2.04 bits per heavy atom. The summed E-state index contributed by atoms with van der Waals surface area (Å²) < 4.78 is 0.285. The third-order valence-electron chi connectivity index (χ3n) is 3.61. The number of aromatic nitrogens is 2. The number of aromatic amines is 2. The molecule has 7 heteroatoms. The molecule has 0 saturated carbocycles. The van der Waals surface area contributed by atoms with Crippen LogP contribution in [-0.2, 0) is 11.2 Å². The van der Waals surface area contributed by atoms with Crippen molar-refractivity contribution in [3.63, 3.8) is 0 Å². The maximum Gasteiger partial charge on any atom is 0.255 e. The van der Waals surface area contributed by atoms with E-state index in [-0.39, 0.29) is 28.7 Å². The molecule has 0 radical (unpaired) electrons. The number of carbonyl (C=O) groups excluding carboxylic acids is 1. The fraction of sp³-hybridized carbons (Fsp3) is 0.312. The third kappa shape index (κ3) is 4.53. The maximum absolute atomic E-state index is 12.1. The van der Waals surface area contributed by atoms with Gasteiger partial charge in [-0.05, 0) is 44.1 Å². The van der Waals surface area contributed by atoms with Crippen LogP contribution in [-0.4, -0.2) is 15.9 Å². The summed E-state index contributed by atoms with van der Waals surface area (Å²) in [5, 5.41) is 3.51. The number of nitrogens with one attached hydrogen (secondary N) is 3. The van der Waals surface area contributed by atoms with E-state index in [4.69, 9.17) is 23.8 Å². The summed E-state index contributed by atoms with van der Waals surface area (Å²) in [6.45, 7) is 3.64. The first-order valence-corrected chi connectivity index (χ1v) is 8.03. The van der Waals surface area contributed by atoms with E-state index in [2.05, 4.69) is 15.3 Å². The minimum atomic E-state index is -0.252. The minimum Gasteiger partial charge on any atom is -0.350 e. The number of aryl methyl sites for hydroxylation is 1. The third-order valence-corrected chi connectivity index (χ3v) is 4.15. The fourth-order valence-corrected chi connectivity index (χ4v) is 2.93. The van der Waals surface area contributed by atoms with E-state index in [9.17, 15) is 9.59 Å². The number of H-pyrrole nitrogens is 2. The van der Waals surface area contributed by atoms with Crippen LogP contribution in [0.4, 0.5) is 0 Å². The van der Waals surface area contributed by atoms with Gasteiger partial charge >= 0.3 is 0 Å². The molecule has 5 nitrogen and oxygen atoms in total. The second kappa shape index (κ2) is 7.57. The second-order valence-electron chi connectivity index (χ2n) is 5.32. The van der Waals surface area contributed by atoms with Gasteiger partial charge in [0.2, 0.25) is 5.91 Å². The first-order valence-electron chi connectivity index (χ1n) is 7.24. The van der Waals surface area contributed by atoms with E-state index in [1.54, 1.807) is 13.0 Å². The molecule has 3 N–H and O–H groups in total. The molecule has 1 atom stereocenters. The van der Waals surface area contributed by atoms with Crippen molar-refractivity contribution in [1.29, 1.82) is 0 Å². The van der Waals surface area contributed by atoms with E-state index >= 15 is 0 Å². The zero-order valence-electron chi connectivity index (χ0n) is 12.9. The standard InChI is InChI=1S/C16H18ClN3O2S/c1-9(11-5-3-4-6-13(11)17)18-14(21)8-7-12-10(2)19-16(23)20-15(12)22/h3-6,9H,7-8H2,1-2H3,(H,18,21)(H2,19,20,22,23)/t9-/m0/s1. The molecule has 1 heterocycles. The SMILES string of the molecule is Cc1[nH]c(=S)[nH]c(=O)c1CCC(=O)N[C@@H](C)c1ccccc1Cl. The quantitative estimate of drug-likeness (QED) is 0.724. The minimum absolute atomic E-state index is 0.140. The molecule has 1 amide bonds. The van der Waals surface area contributed by atoms with Gasteiger partial charge in [-0.15, -0.1) is 0 Å². The van der Waals surface area contributed by atoms with Gasteiger partial charge in [-0.25, -0.2) is 0 Å². The number of halogens is 1. The zero-order valence-corrected chi connectivity index (χ0v) is 14.5. The topological polar surface area (TPSA) is 77.8 Å². The van der Waals surface area contributed by atoms with Gasteiger partial charge in [-0.1, -0.05) is 29.8 Å². The summed E-state index contributed by atoms with van der Waals surface area (Å²) in [7, 11) is 0. The second-order valence-corrected chi connectivity index (χ2v) is 6.14. The van der Waals surface area contributed by atoms with Gasteiger partial charge in [-0.3, -0.25) is 14.6 Å². The van der Waals surface area contributed by atoms with Gasteiger partial charge in [0.1, 0.15) is 0 Å². The summed E-state index contributed by atoms with van der Waals surface area (Å²) in [6, 6.07) is 7.18. The normalized spacial score (nSPS) is 12.0. The molecule has 0 aliphatic rings. The number of hydrogen-bond donors (Lipinski definition) is 3. The Hall–Kier alpha value is -1.92. The van der Waals surface area contributed by atoms with Crippen LogP contribution < -0.4 is 10.9 Å². The molecule has 2 aromatic rings. The highest BCUT2D eigenvalue weighted by Crippen LogP contribution is 2.22. The summed E-state index contributed by atoms with van der Waals surface area (Å²) >= 11 is 11.0. The van der Waals surface area contributed by atoms with E-state index in [0.717, 1.165) is 5.56 Å². The van der Waals surface area contributed by atoms with Crippen molar-refractivity contribution >= 4 is 29.7 Å². The molecule has 23 heavy (non-hydrogen) atoms. The molecule has 0 bridgehead atoms. The fourth-order valence-electron chi connectivity index (χ4n) is 2.38. The van der Waals surface area contributed by atoms with Crippen molar-refractivity contribution in [3.05, 3.63) is 61.2 Å². The lowest BCUT2D eigenvalue weighted by Crippen LogP contribution is -2.28. The Morgan fingerprint density at radius 1 is 1.35 bits per heavy atom. The number of amides is 1. The number of rotatable bonds is 5. The molecule has 0 unspecified atom stereocenters. The van der Waals surface area contributed by atoms with Gasteiger partial charge in [-0.2, -0.15) is 0 Å². The van der Waals surface area contributed by atoms with Crippen LogP contribution in [0.2, 0.25) is 5.02 Å². The molecule has 1 aromatic heterocycles. The first-order chi connectivity index (χ1) is 10.9. The summed E-state index contributed by atoms with van der Waals surface area (Å²) in [5.74, 6) is -0.140. The Bertz CT molecular complexity index is 829. The molecule has 0 spiro atoms. The van der Waals surface area contributed by atoms with Gasteiger partial charge in [0, 0.05) is 22.7 Å². The monoisotopic (exact) mass is 351 g/mol. The predicted molar refractivity (Wildman–Crippen MR) is 93.3 cm³/mol. The Kier molecular flexibility index (Phi) is 5.74. The lowest BCUT2D eigenvalue weighted by Gasteiger charge is -2.15. The van der Waals surface area contributed by atoms with E-state index in [1.807, 2.05) is 25.1 Å². The van der Waals surface area contributed by atoms with E-state index < -0.39 is 0 Å². The van der Waals surface area contributed by atoms with Crippen molar-refractivity contribution in [2.24, 2.45) is 0 Å². The van der Waals surface area contributed by atoms with Crippen molar-refractivity contribution in [2.75, 3.05) is 0 Å². The summed E-state index contributed by atoms with van der Waals surface area (Å²) in [4.78, 5) is 29.4. The molecular formula is C16H18ClN3O2S. The van der Waals surface area contributed by atoms with Gasteiger partial charge in [0.05, 0.1) is 6.04 Å². The van der Waals surface area contributed by atoms with Crippen LogP contribution in [0.15, 0.2) is 29.1 Å². The van der Waals surface area contributed by atoms with Crippen molar-refractivity contribution in [2.45, 2.75) is 32.7 Å². The molecule has 2 rings (SSSR count). The maximum atomic E-state index is 12.1. The van der Waals surface area contributed by atoms with Gasteiger partial charge in [0.25, 0.3) is 5.56 Å². The van der Waals surface area contributed by atoms with Crippen LogP contribution in [0.5, 0.6) is 0 Å². The van der Waals surface area contributed by atoms with Crippen molar-refractivity contribution < 1.29 is 4.79 Å². The lowest BCUT2D eigenvalue weighted by molar-refractivity contribution is -0.121. The average Bonchev–Trinajstić information content (AvgIpc) is 2.46. The van der Waals surface area contributed by atoms with Crippen LogP contribution in [0.25, 0.3) is 0 Å². The molecule has 0 fully saturated rings. The Morgan fingerprint density at radius 3 is 2.70 bits per heavy atom. The highest BCUT2D eigenvalue weighted by Gasteiger charge is 2.13. The molecule has 0 saturated heterocycles. The highest BCUT2D eigenvalue weighted by molar-refractivity contribution is 7.71. The summed E-state index contributed by atoms with van der Waals surface area (Å²) in [5.41, 5.74) is 1.84. The van der Waals surface area contributed by atoms with Crippen LogP contribution in [0, 0.1) is 11.7 Å². The molecule has 0 aliphatic heterocycles. The van der Waals surface area contributed by atoms with Gasteiger partial charge in [0.15, 0.2) is 4.77 Å². The molecule has 0 aliphatic carbocycles. The molecular weight excluding hydrogens is 334 g/mol. The van der Waals surface area contributed by atoms with Gasteiger partial charge < -0.3 is 10.3 Å². The van der Waals surface area contributed by atoms with Crippen molar-refractivity contribution in [3.8, 4) is 0 Å². The van der Waals surface area contributed by atoms with E-state index in [1.165, 1.54) is 0 Å². The summed E-state index contributed by atoms with van der Waals surface area (Å²) in [6.07, 6.45) is 0.553. The zero-order chi connectivity index (χ0) is 17.0. The highest BCUT2D eigenvalue weighted by atomic mass is 35.5. The average molecular weight is 352 g/mol. The molecule has 1 aromatic carbocycles. The predicted octanol–water partition coefficient (Wildman–Crippen LogP) is 3.20. The lowest BCUT2D eigenvalue weighted by atomic mass is 10.1. The number of benzene rings is 1. The smallest absolute Gasteiger partial charge is 0.255 e. The first kappa shape index (κ1) is 17.4. The number of hydrogen-bond acceptors (Lipinski definition) is 3. The van der Waals surface area contributed by atoms with Crippen LogP contribution in [0.1, 0.15) is 36.2 Å². The molecule has 122 valence electrons. The number of carbonyl (C=O) groups is 1. The van der Waals surface area contributed by atoms with Crippen molar-refractivity contribution in [1.82, 2.24) is 15.3 Å². The van der Waals surface area contributed by atoms with Crippen LogP contribution >= 0.6 is 23.8 Å². The van der Waals surface area contributed by atoms with E-state index in [0.29, 0.717) is 22.7 Å². The Balaban J connectivity index is 2.00. The largest absolute Gasteiger partial charge is 0.350 e. The Labute approximate surface area is 144 Å². The van der Waals surface area contributed by atoms with Crippen LogP contribution in [0.3, 0.4) is 0 Å².